The topological polar surface area (TPSA) is 190 Å². The van der Waals surface area contributed by atoms with E-state index in [1.54, 1.807) is 39.8 Å². The first-order valence-electron chi connectivity index (χ1n) is 16.2. The van der Waals surface area contributed by atoms with Crippen molar-refractivity contribution in [1.29, 1.82) is 0 Å². The number of azide groups is 1. The number of carbonyl (C=O) groups excluding carboxylic acids is 2. The fraction of sp³-hybridized carbons (Fsp3) is 0.742. The van der Waals surface area contributed by atoms with Crippen molar-refractivity contribution in [3.63, 3.8) is 0 Å². The lowest BCUT2D eigenvalue weighted by Crippen LogP contribution is -2.68. The highest BCUT2D eigenvalue weighted by Crippen LogP contribution is 2.41. The summed E-state index contributed by atoms with van der Waals surface area (Å²) in [7, 11) is -4.79. The molecule has 17 heteroatoms. The van der Waals surface area contributed by atoms with Crippen LogP contribution in [-0.4, -0.2) is 92.6 Å². The lowest BCUT2D eigenvalue weighted by molar-refractivity contribution is -0.156. The third-order valence-electron chi connectivity index (χ3n) is 9.35. The molecule has 3 aliphatic rings. The van der Waals surface area contributed by atoms with Gasteiger partial charge >= 0.3 is 19.2 Å². The van der Waals surface area contributed by atoms with Crippen molar-refractivity contribution in [2.75, 3.05) is 32.8 Å². The summed E-state index contributed by atoms with van der Waals surface area (Å²) in [5.74, 6) is -1.54. The zero-order valence-electron chi connectivity index (χ0n) is 29.1. The number of rotatable bonds is 13. The minimum Gasteiger partial charge on any atom is -0.457 e. The quantitative estimate of drug-likeness (QED) is 0.0999. The summed E-state index contributed by atoms with van der Waals surface area (Å²) >= 11 is 0. The third-order valence-corrected chi connectivity index (χ3v) is 11.0. The number of hydrogen-bond donors (Lipinski definition) is 2. The second-order valence-electron chi connectivity index (χ2n) is 14.9. The Hall–Kier alpha value is -2.92. The number of esters is 1. The van der Waals surface area contributed by atoms with Crippen LogP contribution in [0.1, 0.15) is 79.9 Å². The molecule has 15 nitrogen and oxygen atoms in total. The van der Waals surface area contributed by atoms with Crippen LogP contribution < -0.4 is 10.0 Å². The van der Waals surface area contributed by atoms with E-state index in [9.17, 15) is 23.5 Å². The molecule has 3 heterocycles. The average molecular weight is 693 g/mol. The van der Waals surface area contributed by atoms with E-state index in [-0.39, 0.29) is 26.3 Å². The molecule has 3 fully saturated rings. The SMILES string of the molecule is C[C@@H](OC(=O)[C@@]1(N=[N+]=[N-])CN(S(=O)(=O)NC2(CNC(=O)OC(C)(C)C)COC2)C[C@H]1CCCB1OC(C)(C)C(C)(C)O1)c1ccccc1. The highest BCUT2D eigenvalue weighted by atomic mass is 32.2. The van der Waals surface area contributed by atoms with Crippen molar-refractivity contribution in [1.82, 2.24) is 14.3 Å². The first kappa shape index (κ1) is 37.9. The number of hydrogen-bond acceptors (Lipinski definition) is 10. The summed E-state index contributed by atoms with van der Waals surface area (Å²) in [6.45, 7) is 14.0. The molecule has 1 aromatic rings. The molecule has 0 radical (unpaired) electrons. The van der Waals surface area contributed by atoms with Crippen molar-refractivity contribution in [2.24, 2.45) is 11.0 Å². The molecule has 0 aromatic heterocycles. The molecule has 0 aliphatic carbocycles. The van der Waals surface area contributed by atoms with E-state index in [1.807, 2.05) is 45.9 Å². The zero-order chi connectivity index (χ0) is 35.6. The Morgan fingerprint density at radius 2 is 1.77 bits per heavy atom. The molecule has 0 spiro atoms. The Balaban J connectivity index is 1.54. The van der Waals surface area contributed by atoms with Gasteiger partial charge in [-0.15, -0.1) is 0 Å². The zero-order valence-corrected chi connectivity index (χ0v) is 30.0. The Morgan fingerprint density at radius 1 is 1.15 bits per heavy atom. The van der Waals surface area contributed by atoms with E-state index in [0.717, 1.165) is 9.87 Å². The second-order valence-corrected chi connectivity index (χ2v) is 16.6. The fourth-order valence-corrected chi connectivity index (χ4v) is 7.55. The monoisotopic (exact) mass is 692 g/mol. The lowest BCUT2D eigenvalue weighted by atomic mass is 9.78. The van der Waals surface area contributed by atoms with E-state index < -0.39 is 75.8 Å². The molecular formula is C31H49BN6O9S. The number of amides is 1. The summed E-state index contributed by atoms with van der Waals surface area (Å²) in [5, 5.41) is 6.59. The van der Waals surface area contributed by atoms with Crippen LogP contribution in [0.2, 0.25) is 6.32 Å². The lowest BCUT2D eigenvalue weighted by Gasteiger charge is -2.42. The van der Waals surface area contributed by atoms with Gasteiger partial charge in [-0.05, 0) is 85.1 Å². The van der Waals surface area contributed by atoms with Crippen LogP contribution in [0.25, 0.3) is 10.4 Å². The third kappa shape index (κ3) is 8.62. The molecule has 2 N–H and O–H groups in total. The van der Waals surface area contributed by atoms with Gasteiger partial charge in [-0.3, -0.25) is 4.79 Å². The number of nitrogens with one attached hydrogen (secondary N) is 2. The Kier molecular flexibility index (Phi) is 11.2. The molecule has 266 valence electrons. The van der Waals surface area contributed by atoms with Crippen LogP contribution in [0.4, 0.5) is 4.79 Å². The van der Waals surface area contributed by atoms with E-state index in [4.69, 9.17) is 23.5 Å². The molecule has 4 rings (SSSR count). The van der Waals surface area contributed by atoms with Gasteiger partial charge < -0.3 is 28.8 Å². The van der Waals surface area contributed by atoms with Crippen LogP contribution in [-0.2, 0) is 38.5 Å². The van der Waals surface area contributed by atoms with Crippen LogP contribution in [0.3, 0.4) is 0 Å². The van der Waals surface area contributed by atoms with Crippen molar-refractivity contribution in [3.05, 3.63) is 46.3 Å². The summed E-state index contributed by atoms with van der Waals surface area (Å²) < 4.78 is 60.4. The van der Waals surface area contributed by atoms with E-state index in [1.165, 1.54) is 0 Å². The predicted octanol–water partition coefficient (Wildman–Crippen LogP) is 4.27. The van der Waals surface area contributed by atoms with E-state index >= 15 is 0 Å². The average Bonchev–Trinajstić information content (AvgIpc) is 3.43. The summed E-state index contributed by atoms with van der Waals surface area (Å²) in [6, 6.07) is 9.08. The molecule has 0 bridgehead atoms. The molecule has 3 atom stereocenters. The van der Waals surface area contributed by atoms with E-state index in [0.29, 0.717) is 19.2 Å². The molecular weight excluding hydrogens is 643 g/mol. The minimum atomic E-state index is -4.30. The van der Waals surface area contributed by atoms with Gasteiger partial charge in [0.05, 0.1) is 30.0 Å². The van der Waals surface area contributed by atoms with E-state index in [2.05, 4.69) is 20.1 Å². The molecule has 3 aliphatic heterocycles. The normalized spacial score (nSPS) is 25.4. The number of alkyl carbamates (subject to hydrolysis) is 1. The fourth-order valence-electron chi connectivity index (χ4n) is 5.95. The van der Waals surface area contributed by atoms with Gasteiger partial charge in [0.1, 0.15) is 11.7 Å². The first-order valence-corrected chi connectivity index (χ1v) is 17.7. The number of ether oxygens (including phenoxy) is 3. The number of benzene rings is 1. The maximum Gasteiger partial charge on any atom is 0.457 e. The summed E-state index contributed by atoms with van der Waals surface area (Å²) in [5.41, 5.74) is 5.66. The smallest absolute Gasteiger partial charge is 0.457 e. The van der Waals surface area contributed by atoms with Crippen molar-refractivity contribution in [3.8, 4) is 0 Å². The highest BCUT2D eigenvalue weighted by Gasteiger charge is 2.57. The minimum absolute atomic E-state index is 0.00546. The van der Waals surface area contributed by atoms with Crippen molar-refractivity contribution < 1.29 is 41.5 Å². The molecule has 1 aromatic carbocycles. The molecule has 48 heavy (non-hydrogen) atoms. The van der Waals surface area contributed by atoms with Crippen LogP contribution in [0.15, 0.2) is 35.4 Å². The Labute approximate surface area is 283 Å². The molecule has 0 saturated carbocycles. The Morgan fingerprint density at radius 3 is 2.31 bits per heavy atom. The van der Waals surface area contributed by atoms with Gasteiger partial charge in [0, 0.05) is 24.5 Å². The molecule has 3 saturated heterocycles. The van der Waals surface area contributed by atoms with Gasteiger partial charge in [0.25, 0.3) is 10.2 Å². The van der Waals surface area contributed by atoms with Gasteiger partial charge in [0.15, 0.2) is 5.54 Å². The molecule has 1 amide bonds. The van der Waals surface area contributed by atoms with Crippen LogP contribution >= 0.6 is 0 Å². The van der Waals surface area contributed by atoms with Gasteiger partial charge in [-0.1, -0.05) is 41.9 Å². The second kappa shape index (κ2) is 14.1. The summed E-state index contributed by atoms with van der Waals surface area (Å²) in [6.07, 6.45) is -0.0995. The van der Waals surface area contributed by atoms with Gasteiger partial charge in [0.2, 0.25) is 0 Å². The van der Waals surface area contributed by atoms with Crippen molar-refractivity contribution >= 4 is 29.4 Å². The standard InChI is InChI=1S/C31H49BN6O9S/c1-22(23-13-10-9-11-14-23)44-25(39)31(35-37-33)19-38(17-24(31)15-12-16-32-46-28(5,6)29(7,8)47-32)48(41,42)36-30(20-43-21-30)18-34-26(40)45-27(2,3)4/h9-11,13-14,22,24,36H,12,15-21H2,1-8H3,(H,34,40)/t22-,24-,31-/m1/s1. The van der Waals surface area contributed by atoms with Gasteiger partial charge in [-0.25, -0.2) is 4.79 Å². The maximum atomic E-state index is 14.0. The predicted molar refractivity (Wildman–Crippen MR) is 178 cm³/mol. The Bertz CT molecular complexity index is 1460. The van der Waals surface area contributed by atoms with Crippen molar-refractivity contribution in [2.45, 2.75) is 109 Å². The number of carbonyl (C=O) groups is 2. The largest absolute Gasteiger partial charge is 0.457 e. The van der Waals surface area contributed by atoms with Crippen LogP contribution in [0.5, 0.6) is 0 Å². The maximum absolute atomic E-state index is 14.0. The summed E-state index contributed by atoms with van der Waals surface area (Å²) in [4.78, 5) is 29.3. The van der Waals surface area contributed by atoms with Gasteiger partial charge in [-0.2, -0.15) is 17.4 Å². The molecule has 0 unspecified atom stereocenters. The first-order chi connectivity index (χ1) is 22.2. The highest BCUT2D eigenvalue weighted by molar-refractivity contribution is 7.87. The van der Waals surface area contributed by atoms with Crippen LogP contribution in [0, 0.1) is 5.92 Å². The number of nitrogens with zero attached hydrogens (tertiary/aromatic N) is 4.